The van der Waals surface area contributed by atoms with Gasteiger partial charge in [-0.3, -0.25) is 0 Å². The highest BCUT2D eigenvalue weighted by Gasteiger charge is 2.25. The Bertz CT molecular complexity index is 832. The molecule has 0 aliphatic carbocycles. The SMILES string of the molecule is COc1ccc([C@@H](NS(=O)(=O)c2ccc(OC)c(OC)c2)C(C)C)cc1. The lowest BCUT2D eigenvalue weighted by Crippen LogP contribution is -2.31. The van der Waals surface area contributed by atoms with Crippen molar-refractivity contribution in [3.63, 3.8) is 0 Å². The maximum Gasteiger partial charge on any atom is 0.241 e. The molecule has 2 aromatic carbocycles. The summed E-state index contributed by atoms with van der Waals surface area (Å²) in [4.78, 5) is 0.120. The molecule has 0 saturated carbocycles. The minimum absolute atomic E-state index is 0.0540. The Morgan fingerprint density at radius 3 is 1.96 bits per heavy atom. The van der Waals surface area contributed by atoms with Gasteiger partial charge in [-0.1, -0.05) is 26.0 Å². The van der Waals surface area contributed by atoms with Crippen LogP contribution < -0.4 is 18.9 Å². The summed E-state index contributed by atoms with van der Waals surface area (Å²) < 4.78 is 44.1. The van der Waals surface area contributed by atoms with Crippen LogP contribution in [0, 0.1) is 5.92 Å². The topological polar surface area (TPSA) is 73.9 Å². The zero-order valence-corrected chi connectivity index (χ0v) is 16.5. The molecule has 0 saturated heterocycles. The molecule has 0 unspecified atom stereocenters. The van der Waals surface area contributed by atoms with Crippen molar-refractivity contribution in [2.45, 2.75) is 24.8 Å². The van der Waals surface area contributed by atoms with Crippen LogP contribution in [0.2, 0.25) is 0 Å². The first kappa shape index (κ1) is 20.1. The average molecular weight is 379 g/mol. The van der Waals surface area contributed by atoms with Crippen molar-refractivity contribution in [3.05, 3.63) is 48.0 Å². The molecule has 1 N–H and O–H groups in total. The van der Waals surface area contributed by atoms with Crippen LogP contribution in [0.15, 0.2) is 47.4 Å². The zero-order chi connectivity index (χ0) is 19.3. The third-order valence-corrected chi connectivity index (χ3v) is 5.53. The molecule has 0 bridgehead atoms. The lowest BCUT2D eigenvalue weighted by molar-refractivity contribution is 0.353. The molecule has 0 spiro atoms. The molecular weight excluding hydrogens is 354 g/mol. The van der Waals surface area contributed by atoms with Gasteiger partial charge >= 0.3 is 0 Å². The van der Waals surface area contributed by atoms with Gasteiger partial charge in [0.15, 0.2) is 11.5 Å². The average Bonchev–Trinajstić information content (AvgIpc) is 2.65. The van der Waals surface area contributed by atoms with Gasteiger partial charge in [0, 0.05) is 12.1 Å². The van der Waals surface area contributed by atoms with E-state index in [-0.39, 0.29) is 16.9 Å². The van der Waals surface area contributed by atoms with Crippen molar-refractivity contribution < 1.29 is 22.6 Å². The summed E-state index contributed by atoms with van der Waals surface area (Å²) in [6, 6.07) is 11.5. The highest BCUT2D eigenvalue weighted by Crippen LogP contribution is 2.31. The monoisotopic (exact) mass is 379 g/mol. The van der Waals surface area contributed by atoms with Crippen molar-refractivity contribution in [1.29, 1.82) is 0 Å². The number of ether oxygens (including phenoxy) is 3. The standard InChI is InChI=1S/C19H25NO5S/c1-13(2)19(14-6-8-15(23-3)9-7-14)20-26(21,22)16-10-11-17(24-4)18(12-16)25-5/h6-13,19-20H,1-5H3/t19-/m0/s1. The van der Waals surface area contributed by atoms with Gasteiger partial charge in [-0.05, 0) is 35.7 Å². The Morgan fingerprint density at radius 1 is 0.846 bits per heavy atom. The van der Waals surface area contributed by atoms with Crippen molar-refractivity contribution in [2.75, 3.05) is 21.3 Å². The van der Waals surface area contributed by atoms with Gasteiger partial charge < -0.3 is 14.2 Å². The second-order valence-corrected chi connectivity index (χ2v) is 7.85. The Labute approximate surface area is 155 Å². The Morgan fingerprint density at radius 2 is 1.46 bits per heavy atom. The third kappa shape index (κ3) is 4.47. The fourth-order valence-corrected chi connectivity index (χ4v) is 4.01. The van der Waals surface area contributed by atoms with Crippen molar-refractivity contribution in [2.24, 2.45) is 5.92 Å². The van der Waals surface area contributed by atoms with Gasteiger partial charge in [-0.15, -0.1) is 0 Å². The maximum absolute atomic E-state index is 12.9. The van der Waals surface area contributed by atoms with Gasteiger partial charge in [0.1, 0.15) is 5.75 Å². The smallest absolute Gasteiger partial charge is 0.241 e. The first-order valence-corrected chi connectivity index (χ1v) is 9.69. The van der Waals surface area contributed by atoms with Gasteiger partial charge in [0.05, 0.1) is 26.2 Å². The Hall–Kier alpha value is -2.25. The zero-order valence-electron chi connectivity index (χ0n) is 15.6. The van der Waals surface area contributed by atoms with E-state index in [1.807, 2.05) is 38.1 Å². The van der Waals surface area contributed by atoms with Crippen LogP contribution in [0.5, 0.6) is 17.2 Å². The van der Waals surface area contributed by atoms with Crippen LogP contribution in [0.1, 0.15) is 25.5 Å². The van der Waals surface area contributed by atoms with Gasteiger partial charge in [-0.25, -0.2) is 13.1 Å². The van der Waals surface area contributed by atoms with E-state index in [0.717, 1.165) is 11.3 Å². The molecule has 6 nitrogen and oxygen atoms in total. The molecule has 0 aromatic heterocycles. The molecule has 7 heteroatoms. The molecule has 0 heterocycles. The highest BCUT2D eigenvalue weighted by atomic mass is 32.2. The molecule has 26 heavy (non-hydrogen) atoms. The van der Waals surface area contributed by atoms with E-state index in [9.17, 15) is 8.42 Å². The molecule has 0 aliphatic heterocycles. The van der Waals surface area contributed by atoms with E-state index in [0.29, 0.717) is 11.5 Å². The number of benzene rings is 2. The van der Waals surface area contributed by atoms with E-state index in [4.69, 9.17) is 14.2 Å². The second kappa shape index (κ2) is 8.42. The van der Waals surface area contributed by atoms with E-state index >= 15 is 0 Å². The fourth-order valence-electron chi connectivity index (χ4n) is 2.62. The van der Waals surface area contributed by atoms with E-state index in [1.54, 1.807) is 13.2 Å². The largest absolute Gasteiger partial charge is 0.497 e. The first-order chi connectivity index (χ1) is 12.3. The van der Waals surface area contributed by atoms with E-state index < -0.39 is 10.0 Å². The molecule has 142 valence electrons. The number of sulfonamides is 1. The lowest BCUT2D eigenvalue weighted by Gasteiger charge is -2.23. The summed E-state index contributed by atoms with van der Waals surface area (Å²) in [5, 5.41) is 0. The number of hydrogen-bond acceptors (Lipinski definition) is 5. The molecule has 0 radical (unpaired) electrons. The Kier molecular flexibility index (Phi) is 6.50. The quantitative estimate of drug-likeness (QED) is 0.761. The van der Waals surface area contributed by atoms with Crippen molar-refractivity contribution in [3.8, 4) is 17.2 Å². The minimum Gasteiger partial charge on any atom is -0.497 e. The van der Waals surface area contributed by atoms with Crippen molar-refractivity contribution in [1.82, 2.24) is 4.72 Å². The van der Waals surface area contributed by atoms with Gasteiger partial charge in [-0.2, -0.15) is 0 Å². The lowest BCUT2D eigenvalue weighted by atomic mass is 9.97. The first-order valence-electron chi connectivity index (χ1n) is 8.20. The van der Waals surface area contributed by atoms with Crippen LogP contribution in [0.25, 0.3) is 0 Å². The molecule has 2 rings (SSSR count). The van der Waals surface area contributed by atoms with Crippen molar-refractivity contribution >= 4 is 10.0 Å². The van der Waals surface area contributed by atoms with Gasteiger partial charge in [0.2, 0.25) is 10.0 Å². The molecular formula is C19H25NO5S. The number of rotatable bonds is 8. The van der Waals surface area contributed by atoms with Crippen LogP contribution in [0.4, 0.5) is 0 Å². The molecule has 0 fully saturated rings. The van der Waals surface area contributed by atoms with Crippen LogP contribution in [-0.2, 0) is 10.0 Å². The molecule has 0 amide bonds. The summed E-state index contributed by atoms with van der Waals surface area (Å²) in [5.41, 5.74) is 0.866. The van der Waals surface area contributed by atoms with Crippen LogP contribution >= 0.6 is 0 Å². The number of hydrogen-bond donors (Lipinski definition) is 1. The summed E-state index contributed by atoms with van der Waals surface area (Å²) in [7, 11) is 0.820. The summed E-state index contributed by atoms with van der Waals surface area (Å²) in [5.74, 6) is 1.61. The Balaban J connectivity index is 2.34. The van der Waals surface area contributed by atoms with Crippen LogP contribution in [-0.4, -0.2) is 29.7 Å². The third-order valence-electron chi connectivity index (χ3n) is 4.09. The van der Waals surface area contributed by atoms with Crippen LogP contribution in [0.3, 0.4) is 0 Å². The second-order valence-electron chi connectivity index (χ2n) is 6.13. The van der Waals surface area contributed by atoms with Gasteiger partial charge in [0.25, 0.3) is 0 Å². The summed E-state index contributed by atoms with van der Waals surface area (Å²) in [6.07, 6.45) is 0. The maximum atomic E-state index is 12.9. The molecule has 2 aromatic rings. The van der Waals surface area contributed by atoms with E-state index in [2.05, 4.69) is 4.72 Å². The predicted molar refractivity (Wildman–Crippen MR) is 100 cm³/mol. The highest BCUT2D eigenvalue weighted by molar-refractivity contribution is 7.89. The number of nitrogens with one attached hydrogen (secondary N) is 1. The molecule has 0 aliphatic rings. The molecule has 1 atom stereocenters. The summed E-state index contributed by atoms with van der Waals surface area (Å²) in [6.45, 7) is 3.93. The summed E-state index contributed by atoms with van der Waals surface area (Å²) >= 11 is 0. The number of methoxy groups -OCH3 is 3. The van der Waals surface area contributed by atoms with E-state index in [1.165, 1.54) is 26.4 Å². The predicted octanol–water partition coefficient (Wildman–Crippen LogP) is 3.39. The minimum atomic E-state index is -3.74. The normalized spacial score (nSPS) is 12.7. The fraction of sp³-hybridized carbons (Fsp3) is 0.368.